The zero-order chi connectivity index (χ0) is 33.6. The number of para-hydroxylation sites is 2. The van der Waals surface area contributed by atoms with Gasteiger partial charge in [-0.3, -0.25) is 0 Å². The van der Waals surface area contributed by atoms with E-state index in [1.807, 2.05) is 146 Å². The van der Waals surface area contributed by atoms with Crippen molar-refractivity contribution in [3.05, 3.63) is 188 Å². The van der Waals surface area contributed by atoms with Gasteiger partial charge >= 0.3 is 0 Å². The smallest absolute Gasteiger partial charge is 0.138 e. The Bertz CT molecular complexity index is 1720. The van der Waals surface area contributed by atoms with E-state index in [1.54, 1.807) is 0 Å². The fraction of sp³-hybridized carbons (Fsp3) is 0.100. The standard InChI is InChI=1S/2C20H16Cl2O2/c21-17-5-1-3-7-19(17)23-13-15-9-11-16(12-10-15)14-24-20-8-4-2-6-18(20)22;21-17-5-9-19(10-6-17)23-13-15-3-1-2-4-16(15)14-24-20-11-7-18(22)8-12-20/h2*1-12H,13-14H2. The Balaban J connectivity index is 0.000000188. The van der Waals surface area contributed by atoms with Gasteiger partial charge in [-0.2, -0.15) is 0 Å². The summed E-state index contributed by atoms with van der Waals surface area (Å²) in [6.45, 7) is 1.88. The van der Waals surface area contributed by atoms with Crippen molar-refractivity contribution in [2.24, 2.45) is 0 Å². The quantitative estimate of drug-likeness (QED) is 0.126. The van der Waals surface area contributed by atoms with E-state index in [1.165, 1.54) is 0 Å². The molecule has 0 aromatic heterocycles. The molecule has 0 aliphatic heterocycles. The van der Waals surface area contributed by atoms with Crippen LogP contribution in [0.1, 0.15) is 22.3 Å². The minimum absolute atomic E-state index is 0.468. The van der Waals surface area contributed by atoms with Gasteiger partial charge in [-0.15, -0.1) is 0 Å². The molecular weight excluding hydrogens is 686 g/mol. The molecule has 244 valence electrons. The topological polar surface area (TPSA) is 36.9 Å². The average molecular weight is 719 g/mol. The van der Waals surface area contributed by atoms with E-state index in [9.17, 15) is 0 Å². The zero-order valence-corrected chi connectivity index (χ0v) is 28.9. The Morgan fingerprint density at radius 1 is 0.333 bits per heavy atom. The summed E-state index contributed by atoms with van der Waals surface area (Å²) in [6.07, 6.45) is 0. The molecule has 0 saturated heterocycles. The zero-order valence-electron chi connectivity index (χ0n) is 25.8. The van der Waals surface area contributed by atoms with Crippen LogP contribution in [0.2, 0.25) is 20.1 Å². The summed E-state index contributed by atoms with van der Waals surface area (Å²) in [4.78, 5) is 0. The second-order valence-electron chi connectivity index (χ2n) is 10.5. The van der Waals surface area contributed by atoms with Crippen LogP contribution in [0.3, 0.4) is 0 Å². The van der Waals surface area contributed by atoms with E-state index in [2.05, 4.69) is 0 Å². The van der Waals surface area contributed by atoms with E-state index in [-0.39, 0.29) is 0 Å². The lowest BCUT2D eigenvalue weighted by Crippen LogP contribution is -2.03. The molecule has 0 aliphatic carbocycles. The minimum atomic E-state index is 0.468. The van der Waals surface area contributed by atoms with Crippen LogP contribution in [0.25, 0.3) is 0 Å². The van der Waals surface area contributed by atoms with E-state index < -0.39 is 0 Å². The molecule has 0 aliphatic rings. The van der Waals surface area contributed by atoms with Crippen molar-refractivity contribution < 1.29 is 18.9 Å². The first-order chi connectivity index (χ1) is 23.4. The van der Waals surface area contributed by atoms with Crippen LogP contribution >= 0.6 is 46.4 Å². The highest BCUT2D eigenvalue weighted by molar-refractivity contribution is 6.32. The maximum atomic E-state index is 6.08. The first-order valence-electron chi connectivity index (χ1n) is 15.1. The van der Waals surface area contributed by atoms with Crippen molar-refractivity contribution in [2.45, 2.75) is 26.4 Å². The van der Waals surface area contributed by atoms with Crippen molar-refractivity contribution in [3.63, 3.8) is 0 Å². The molecule has 0 spiro atoms. The third kappa shape index (κ3) is 11.1. The predicted octanol–water partition coefficient (Wildman–Crippen LogP) is 12.3. The summed E-state index contributed by atoms with van der Waals surface area (Å²) in [6, 6.07) is 45.7. The van der Waals surface area contributed by atoms with Gasteiger partial charge in [0.25, 0.3) is 0 Å². The van der Waals surface area contributed by atoms with Gasteiger partial charge in [-0.05, 0) is 95.1 Å². The lowest BCUT2D eigenvalue weighted by molar-refractivity contribution is 0.285. The van der Waals surface area contributed by atoms with E-state index in [0.29, 0.717) is 58.0 Å². The largest absolute Gasteiger partial charge is 0.489 e. The maximum Gasteiger partial charge on any atom is 0.138 e. The van der Waals surface area contributed by atoms with Gasteiger partial charge in [0.1, 0.15) is 49.4 Å². The van der Waals surface area contributed by atoms with Crippen LogP contribution in [0.15, 0.2) is 146 Å². The maximum absolute atomic E-state index is 6.08. The van der Waals surface area contributed by atoms with Crippen LogP contribution in [0, 0.1) is 0 Å². The van der Waals surface area contributed by atoms with Crippen molar-refractivity contribution >= 4 is 46.4 Å². The molecule has 6 rings (SSSR count). The average Bonchev–Trinajstić information content (AvgIpc) is 3.11. The van der Waals surface area contributed by atoms with Gasteiger partial charge in [-0.25, -0.2) is 0 Å². The summed E-state index contributed by atoms with van der Waals surface area (Å²) < 4.78 is 23.1. The van der Waals surface area contributed by atoms with Crippen LogP contribution in [-0.4, -0.2) is 0 Å². The van der Waals surface area contributed by atoms with Gasteiger partial charge in [0, 0.05) is 10.0 Å². The SMILES string of the molecule is Clc1ccc(OCc2ccccc2COc2ccc(Cl)cc2)cc1.Clc1ccccc1OCc1ccc(COc2ccccc2Cl)cc1. The van der Waals surface area contributed by atoms with E-state index >= 15 is 0 Å². The normalized spacial score (nSPS) is 10.4. The lowest BCUT2D eigenvalue weighted by atomic mass is 10.1. The van der Waals surface area contributed by atoms with Crippen LogP contribution in [0.5, 0.6) is 23.0 Å². The van der Waals surface area contributed by atoms with Gasteiger partial charge in [-0.1, -0.05) is 119 Å². The van der Waals surface area contributed by atoms with Crippen LogP contribution in [-0.2, 0) is 26.4 Å². The molecule has 48 heavy (non-hydrogen) atoms. The number of ether oxygens (including phenoxy) is 4. The highest BCUT2D eigenvalue weighted by atomic mass is 35.5. The molecule has 6 aromatic rings. The number of hydrogen-bond acceptors (Lipinski definition) is 4. The highest BCUT2D eigenvalue weighted by Crippen LogP contribution is 2.26. The fourth-order valence-electron chi connectivity index (χ4n) is 4.40. The molecule has 0 bridgehead atoms. The van der Waals surface area contributed by atoms with Crippen LogP contribution in [0.4, 0.5) is 0 Å². The number of rotatable bonds is 12. The first-order valence-corrected chi connectivity index (χ1v) is 16.6. The molecule has 4 nitrogen and oxygen atoms in total. The number of halogens is 4. The summed E-state index contributed by atoms with van der Waals surface area (Å²) in [7, 11) is 0. The summed E-state index contributed by atoms with van der Waals surface area (Å²) >= 11 is 23.9. The Labute approximate surface area is 301 Å². The molecule has 0 N–H and O–H groups in total. The number of benzene rings is 6. The van der Waals surface area contributed by atoms with Crippen molar-refractivity contribution in [2.75, 3.05) is 0 Å². The summed E-state index contributed by atoms with van der Waals surface area (Å²) in [5.41, 5.74) is 4.30. The van der Waals surface area contributed by atoms with Gasteiger partial charge in [0.05, 0.1) is 10.0 Å². The second-order valence-corrected chi connectivity index (χ2v) is 12.2. The molecule has 0 heterocycles. The molecular formula is C40H32Cl4O4. The molecule has 6 aromatic carbocycles. The molecule has 0 fully saturated rings. The molecule has 0 atom stereocenters. The Morgan fingerprint density at radius 3 is 1.06 bits per heavy atom. The predicted molar refractivity (Wildman–Crippen MR) is 196 cm³/mol. The van der Waals surface area contributed by atoms with Crippen molar-refractivity contribution in [1.82, 2.24) is 0 Å². The van der Waals surface area contributed by atoms with E-state index in [4.69, 9.17) is 65.4 Å². The molecule has 8 heteroatoms. The molecule has 0 amide bonds. The third-order valence-electron chi connectivity index (χ3n) is 7.02. The van der Waals surface area contributed by atoms with Gasteiger partial charge in [0.2, 0.25) is 0 Å². The molecule has 0 radical (unpaired) electrons. The Hall–Kier alpha value is -4.32. The lowest BCUT2D eigenvalue weighted by Gasteiger charge is -2.12. The molecule has 0 saturated carbocycles. The van der Waals surface area contributed by atoms with Crippen molar-refractivity contribution in [1.29, 1.82) is 0 Å². The molecule has 0 unspecified atom stereocenters. The fourth-order valence-corrected chi connectivity index (χ4v) is 5.03. The van der Waals surface area contributed by atoms with Gasteiger partial charge in [0.15, 0.2) is 0 Å². The van der Waals surface area contributed by atoms with Crippen molar-refractivity contribution in [3.8, 4) is 23.0 Å². The first kappa shape index (κ1) is 35.0. The summed E-state index contributed by atoms with van der Waals surface area (Å²) in [5.74, 6) is 2.94. The Kier molecular flexibility index (Phi) is 13.3. The van der Waals surface area contributed by atoms with Crippen LogP contribution < -0.4 is 18.9 Å². The second kappa shape index (κ2) is 18.3. The monoisotopic (exact) mass is 716 g/mol. The van der Waals surface area contributed by atoms with E-state index in [0.717, 1.165) is 33.8 Å². The minimum Gasteiger partial charge on any atom is -0.489 e. The third-order valence-corrected chi connectivity index (χ3v) is 8.15. The number of hydrogen-bond donors (Lipinski definition) is 0. The summed E-state index contributed by atoms with van der Waals surface area (Å²) in [5, 5.41) is 2.61. The Morgan fingerprint density at radius 2 is 0.688 bits per heavy atom. The van der Waals surface area contributed by atoms with Gasteiger partial charge < -0.3 is 18.9 Å². The highest BCUT2D eigenvalue weighted by Gasteiger charge is 2.06.